The summed E-state index contributed by atoms with van der Waals surface area (Å²) in [7, 11) is -6.45. The zero-order valence-electron chi connectivity index (χ0n) is 38.2. The quantitative estimate of drug-likeness (QED) is 0.0942. The Morgan fingerprint density at radius 3 is 1.72 bits per heavy atom. The molecule has 0 spiro atoms. The summed E-state index contributed by atoms with van der Waals surface area (Å²) < 4.78 is 64.4. The highest BCUT2D eigenvalue weighted by Gasteiger charge is 2.44. The number of nitrogens with one attached hydrogen (secondary N) is 5. The third kappa shape index (κ3) is 13.2. The maximum Gasteiger partial charge on any atom is 0.328 e. The molecule has 67 heavy (non-hydrogen) atoms. The molecule has 0 atom stereocenters. The molecule has 4 aromatic rings. The number of carbonyl (C=O) groups is 5. The molecular weight excluding hydrogens is 903 g/mol. The lowest BCUT2D eigenvalue weighted by atomic mass is 9.77. The monoisotopic (exact) mass is 961 g/mol. The summed E-state index contributed by atoms with van der Waals surface area (Å²) in [5.41, 5.74) is 2.03. The van der Waals surface area contributed by atoms with Gasteiger partial charge in [-0.2, -0.15) is 0 Å². The molecule has 1 aromatic heterocycles. The van der Waals surface area contributed by atoms with Gasteiger partial charge in [0.15, 0.2) is 5.69 Å². The van der Waals surface area contributed by atoms with E-state index in [0.717, 1.165) is 75.3 Å². The average Bonchev–Trinajstić information content (AvgIpc) is 3.75. The van der Waals surface area contributed by atoms with E-state index in [0.29, 0.717) is 42.0 Å². The highest BCUT2D eigenvalue weighted by atomic mass is 32.2. The number of methoxy groups -OCH3 is 1. The first-order valence-corrected chi connectivity index (χ1v) is 25.4. The predicted octanol–water partition coefficient (Wildman–Crippen LogP) is 5.79. The summed E-state index contributed by atoms with van der Waals surface area (Å²) in [6.07, 6.45) is 10.7. The van der Waals surface area contributed by atoms with Crippen LogP contribution in [-0.2, 0) is 43.1 Å². The molecule has 5 N–H and O–H groups in total. The second-order valence-corrected chi connectivity index (χ2v) is 20.9. The first kappa shape index (κ1) is 50.1. The van der Waals surface area contributed by atoms with Crippen LogP contribution in [0.25, 0.3) is 0 Å². The van der Waals surface area contributed by atoms with Crippen LogP contribution < -0.4 is 30.1 Å². The van der Waals surface area contributed by atoms with Crippen molar-refractivity contribution in [1.29, 1.82) is 0 Å². The van der Waals surface area contributed by atoms with Crippen LogP contribution in [0.2, 0.25) is 0 Å². The van der Waals surface area contributed by atoms with Crippen molar-refractivity contribution in [2.75, 3.05) is 20.2 Å². The van der Waals surface area contributed by atoms with E-state index in [1.54, 1.807) is 69.3 Å². The Morgan fingerprint density at radius 2 is 1.24 bits per heavy atom. The summed E-state index contributed by atoms with van der Waals surface area (Å²) in [6, 6.07) is 17.5. The van der Waals surface area contributed by atoms with Crippen molar-refractivity contribution in [2.45, 2.75) is 125 Å². The topological polar surface area (TPSA) is 252 Å². The molecule has 20 heteroatoms. The summed E-state index contributed by atoms with van der Waals surface area (Å²) >= 11 is 0. The van der Waals surface area contributed by atoms with Crippen molar-refractivity contribution >= 4 is 49.8 Å². The van der Waals surface area contributed by atoms with E-state index in [9.17, 15) is 40.8 Å². The van der Waals surface area contributed by atoms with E-state index in [1.807, 2.05) is 0 Å². The summed E-state index contributed by atoms with van der Waals surface area (Å²) in [5, 5.41) is 11.8. The molecule has 3 aromatic carbocycles. The first-order chi connectivity index (χ1) is 31.9. The predicted molar refractivity (Wildman–Crippen MR) is 247 cm³/mol. The van der Waals surface area contributed by atoms with Gasteiger partial charge in [0, 0.05) is 36.8 Å². The van der Waals surface area contributed by atoms with Crippen molar-refractivity contribution < 1.29 is 50.1 Å². The minimum atomic E-state index is -4.03. The Balaban J connectivity index is 0.000000226. The molecule has 2 fully saturated rings. The molecule has 0 radical (unpaired) electrons. The fourth-order valence-corrected chi connectivity index (χ4v) is 10.2. The second-order valence-electron chi connectivity index (χ2n) is 17.5. The van der Waals surface area contributed by atoms with Gasteiger partial charge in [0.1, 0.15) is 11.5 Å². The number of aromatic nitrogens is 1. The largest absolute Gasteiger partial charge is 0.497 e. The minimum absolute atomic E-state index is 0.00662. The molecular formula is C47H59N7O11S2. The number of urea groups is 2. The van der Waals surface area contributed by atoms with Gasteiger partial charge in [0.05, 0.1) is 22.3 Å². The van der Waals surface area contributed by atoms with Crippen molar-refractivity contribution in [3.63, 3.8) is 0 Å². The molecule has 1 aliphatic heterocycles. The van der Waals surface area contributed by atoms with Gasteiger partial charge in [-0.05, 0) is 112 Å². The van der Waals surface area contributed by atoms with E-state index < -0.39 is 37.5 Å². The standard InChI is InChI=1S/C27H33N3O6S.C20H26N4O5S/c1-27(2)23-14-11-20(36-3)17-22(23)24(31)30(25(27)32)16-15-18-9-12-21(13-10-18)37(34,35)29-26(33)28-19-7-5-4-6-8-19;1-14-13-18(23-29-14)19(25)21-12-11-15-7-9-17(10-8-15)30(27,28)24-20(26)22-16-5-3-2-4-6-16/h9-14,17,19H,4-8,15-16H2,1-3H3,(H2,28,29,33);7-10,13,16H,2-6,11-12H2,1H3,(H,21,25)(H2,22,24,26). The number of rotatable bonds is 14. The van der Waals surface area contributed by atoms with E-state index in [1.165, 1.54) is 36.3 Å². The van der Waals surface area contributed by atoms with Crippen LogP contribution in [0.4, 0.5) is 9.59 Å². The van der Waals surface area contributed by atoms with Crippen LogP contribution in [-0.4, -0.2) is 89.0 Å². The number of carbonyl (C=O) groups excluding carboxylic acids is 5. The Bertz CT molecular complexity index is 2640. The van der Waals surface area contributed by atoms with Gasteiger partial charge in [-0.25, -0.2) is 35.9 Å². The van der Waals surface area contributed by atoms with Crippen LogP contribution in [0.5, 0.6) is 5.75 Å². The lowest BCUT2D eigenvalue weighted by Crippen LogP contribution is -2.52. The van der Waals surface area contributed by atoms with Gasteiger partial charge in [-0.15, -0.1) is 0 Å². The van der Waals surface area contributed by atoms with Gasteiger partial charge in [-0.1, -0.05) is 74.0 Å². The normalized spacial score (nSPS) is 16.4. The van der Waals surface area contributed by atoms with Gasteiger partial charge < -0.3 is 25.2 Å². The van der Waals surface area contributed by atoms with E-state index in [-0.39, 0.29) is 51.8 Å². The zero-order chi connectivity index (χ0) is 48.4. The van der Waals surface area contributed by atoms with Crippen molar-refractivity contribution in [3.8, 4) is 5.75 Å². The van der Waals surface area contributed by atoms with E-state index in [4.69, 9.17) is 9.26 Å². The zero-order valence-corrected chi connectivity index (χ0v) is 39.8. The maximum absolute atomic E-state index is 13.2. The number of ether oxygens (including phenoxy) is 1. The van der Waals surface area contributed by atoms with E-state index >= 15 is 0 Å². The Morgan fingerprint density at radius 1 is 0.731 bits per heavy atom. The maximum atomic E-state index is 13.2. The Hall–Kier alpha value is -6.28. The molecule has 2 aliphatic carbocycles. The number of nitrogens with zero attached hydrogens (tertiary/aromatic N) is 2. The van der Waals surface area contributed by atoms with Gasteiger partial charge >= 0.3 is 12.1 Å². The lowest BCUT2D eigenvalue weighted by molar-refractivity contribution is -0.134. The van der Waals surface area contributed by atoms with Gasteiger partial charge in [0.2, 0.25) is 5.91 Å². The SMILES string of the molecule is COc1ccc2c(c1)C(=O)N(CCc1ccc(S(=O)(=O)NC(=O)NC3CCCCC3)cc1)C(=O)C2(C)C.Cc1cc(C(=O)NCCc2ccc(S(=O)(=O)NC(=O)NC3CCCCC3)cc2)no1. The number of hydrogen-bond donors (Lipinski definition) is 5. The number of amides is 7. The highest BCUT2D eigenvalue weighted by molar-refractivity contribution is 7.90. The first-order valence-electron chi connectivity index (χ1n) is 22.5. The third-order valence-corrected chi connectivity index (χ3v) is 14.8. The van der Waals surface area contributed by atoms with Crippen LogP contribution in [0.1, 0.15) is 121 Å². The van der Waals surface area contributed by atoms with Crippen LogP contribution in [0, 0.1) is 6.92 Å². The Kier molecular flexibility index (Phi) is 16.5. The number of fused-ring (bicyclic) bond motifs is 1. The minimum Gasteiger partial charge on any atom is -0.497 e. The van der Waals surface area contributed by atoms with Crippen LogP contribution in [0.3, 0.4) is 0 Å². The molecule has 0 bridgehead atoms. The van der Waals surface area contributed by atoms with Crippen molar-refractivity contribution in [2.24, 2.45) is 0 Å². The molecule has 0 unspecified atom stereocenters. The average molecular weight is 962 g/mol. The van der Waals surface area contributed by atoms with Gasteiger partial charge in [-0.3, -0.25) is 19.3 Å². The number of aryl methyl sites for hydroxylation is 1. The summed E-state index contributed by atoms with van der Waals surface area (Å²) in [5.74, 6) is 0.0837. The lowest BCUT2D eigenvalue weighted by Gasteiger charge is -2.37. The highest BCUT2D eigenvalue weighted by Crippen LogP contribution is 2.36. The molecule has 7 amide bonds. The number of imide groups is 1. The number of sulfonamides is 2. The van der Waals surface area contributed by atoms with Crippen molar-refractivity contribution in [1.82, 2.24) is 35.5 Å². The smallest absolute Gasteiger partial charge is 0.328 e. The molecule has 18 nitrogen and oxygen atoms in total. The number of hydrogen-bond acceptors (Lipinski definition) is 12. The molecule has 7 rings (SSSR count). The summed E-state index contributed by atoms with van der Waals surface area (Å²) in [4.78, 5) is 63.7. The fourth-order valence-electron chi connectivity index (χ4n) is 8.35. The number of benzene rings is 3. The molecule has 360 valence electrons. The fraction of sp³-hybridized carbons (Fsp3) is 0.447. The van der Waals surface area contributed by atoms with Gasteiger partial charge in [0.25, 0.3) is 31.9 Å². The summed E-state index contributed by atoms with van der Waals surface area (Å²) in [6.45, 7) is 5.78. The van der Waals surface area contributed by atoms with Crippen LogP contribution >= 0.6 is 0 Å². The Labute approximate surface area is 391 Å². The third-order valence-electron chi connectivity index (χ3n) is 12.1. The molecule has 2 heterocycles. The molecule has 0 saturated heterocycles. The molecule has 2 saturated carbocycles. The van der Waals surface area contributed by atoms with E-state index in [2.05, 4.69) is 30.6 Å². The molecule has 3 aliphatic rings. The van der Waals surface area contributed by atoms with Crippen LogP contribution in [0.15, 0.2) is 87.1 Å². The second kappa shape index (κ2) is 22.0. The van der Waals surface area contributed by atoms with Crippen molar-refractivity contribution in [3.05, 3.63) is 107 Å².